The van der Waals surface area contributed by atoms with Crippen LogP contribution in [0.5, 0.6) is 5.75 Å². The summed E-state index contributed by atoms with van der Waals surface area (Å²) in [6.07, 6.45) is 0.284. The van der Waals surface area contributed by atoms with E-state index >= 15 is 0 Å². The van der Waals surface area contributed by atoms with Crippen LogP contribution >= 0.6 is 0 Å². The van der Waals surface area contributed by atoms with Gasteiger partial charge in [-0.2, -0.15) is 4.68 Å². The molecular formula is C10H11FN4O2. The smallest absolute Gasteiger partial charge is 0.159 e. The van der Waals surface area contributed by atoms with E-state index in [0.717, 1.165) is 0 Å². The molecule has 1 aromatic carbocycles. The van der Waals surface area contributed by atoms with Crippen LogP contribution in [0.1, 0.15) is 5.82 Å². The van der Waals surface area contributed by atoms with E-state index in [9.17, 15) is 4.39 Å². The minimum Gasteiger partial charge on any atom is -0.494 e. The van der Waals surface area contributed by atoms with Crippen LogP contribution in [0.3, 0.4) is 0 Å². The van der Waals surface area contributed by atoms with E-state index in [-0.39, 0.29) is 13.0 Å². The Bertz CT molecular complexity index is 515. The van der Waals surface area contributed by atoms with Crippen molar-refractivity contribution in [1.82, 2.24) is 20.2 Å². The Hall–Kier alpha value is -2.02. The number of ether oxygens (including phenoxy) is 1. The molecule has 1 aromatic heterocycles. The van der Waals surface area contributed by atoms with E-state index in [1.807, 2.05) is 0 Å². The highest BCUT2D eigenvalue weighted by molar-refractivity contribution is 5.46. The first kappa shape index (κ1) is 11.5. The molecule has 90 valence electrons. The summed E-state index contributed by atoms with van der Waals surface area (Å²) >= 11 is 0. The summed E-state index contributed by atoms with van der Waals surface area (Å²) in [4.78, 5) is 0. The van der Waals surface area contributed by atoms with Crippen LogP contribution in [-0.2, 0) is 6.42 Å². The Morgan fingerprint density at radius 2 is 2.29 bits per heavy atom. The molecule has 0 bridgehead atoms. The fourth-order valence-corrected chi connectivity index (χ4v) is 1.48. The maximum Gasteiger partial charge on any atom is 0.159 e. The lowest BCUT2D eigenvalue weighted by molar-refractivity contribution is 0.295. The number of rotatable bonds is 4. The molecule has 0 aliphatic heterocycles. The van der Waals surface area contributed by atoms with Crippen molar-refractivity contribution in [3.8, 4) is 11.4 Å². The molecule has 0 aliphatic carbocycles. The summed E-state index contributed by atoms with van der Waals surface area (Å²) in [6, 6.07) is 4.06. The molecule has 0 aliphatic rings. The van der Waals surface area contributed by atoms with Gasteiger partial charge in [0, 0.05) is 12.5 Å². The summed E-state index contributed by atoms with van der Waals surface area (Å²) in [5.74, 6) is 0.487. The van der Waals surface area contributed by atoms with E-state index in [1.165, 1.54) is 30.0 Å². The van der Waals surface area contributed by atoms with Gasteiger partial charge in [0.25, 0.3) is 0 Å². The second kappa shape index (κ2) is 4.88. The van der Waals surface area contributed by atoms with E-state index in [2.05, 4.69) is 15.5 Å². The molecule has 7 heteroatoms. The van der Waals surface area contributed by atoms with Gasteiger partial charge in [-0.1, -0.05) is 0 Å². The normalized spacial score (nSPS) is 10.5. The summed E-state index contributed by atoms with van der Waals surface area (Å²) in [5, 5.41) is 19.9. The fourth-order valence-electron chi connectivity index (χ4n) is 1.48. The van der Waals surface area contributed by atoms with Gasteiger partial charge < -0.3 is 9.84 Å². The van der Waals surface area contributed by atoms with E-state index < -0.39 is 5.82 Å². The Morgan fingerprint density at radius 1 is 1.47 bits per heavy atom. The average molecular weight is 238 g/mol. The SMILES string of the molecule is COc1ccc(F)cc1-n1nnnc1CCO. The molecule has 17 heavy (non-hydrogen) atoms. The molecule has 2 rings (SSSR count). The quantitative estimate of drug-likeness (QED) is 0.831. The van der Waals surface area contributed by atoms with Crippen LogP contribution in [0.4, 0.5) is 4.39 Å². The number of hydrogen-bond donors (Lipinski definition) is 1. The second-order valence-corrected chi connectivity index (χ2v) is 3.30. The lowest BCUT2D eigenvalue weighted by Crippen LogP contribution is -2.07. The Morgan fingerprint density at radius 3 is 3.00 bits per heavy atom. The molecule has 0 amide bonds. The van der Waals surface area contributed by atoms with Gasteiger partial charge in [0.1, 0.15) is 17.3 Å². The number of benzene rings is 1. The molecule has 0 fully saturated rings. The van der Waals surface area contributed by atoms with Crippen LogP contribution in [-0.4, -0.2) is 39.0 Å². The van der Waals surface area contributed by atoms with Crippen molar-refractivity contribution in [3.63, 3.8) is 0 Å². The molecule has 0 spiro atoms. The zero-order valence-electron chi connectivity index (χ0n) is 9.17. The molecule has 0 saturated heterocycles. The van der Waals surface area contributed by atoms with Gasteiger partial charge in [0.15, 0.2) is 5.82 Å². The van der Waals surface area contributed by atoms with Gasteiger partial charge in [0.2, 0.25) is 0 Å². The first-order chi connectivity index (χ1) is 8.26. The molecule has 0 saturated carbocycles. The molecule has 1 N–H and O–H groups in total. The maximum absolute atomic E-state index is 13.2. The van der Waals surface area contributed by atoms with Crippen molar-refractivity contribution < 1.29 is 14.2 Å². The van der Waals surface area contributed by atoms with Gasteiger partial charge >= 0.3 is 0 Å². The van der Waals surface area contributed by atoms with Crippen molar-refractivity contribution in [3.05, 3.63) is 29.8 Å². The number of hydrogen-bond acceptors (Lipinski definition) is 5. The van der Waals surface area contributed by atoms with E-state index in [0.29, 0.717) is 17.3 Å². The minimum atomic E-state index is -0.411. The highest BCUT2D eigenvalue weighted by Crippen LogP contribution is 2.23. The Balaban J connectivity index is 2.51. The lowest BCUT2D eigenvalue weighted by Gasteiger charge is -2.09. The topological polar surface area (TPSA) is 73.1 Å². The third-order valence-corrected chi connectivity index (χ3v) is 2.24. The first-order valence-corrected chi connectivity index (χ1v) is 4.98. The van der Waals surface area contributed by atoms with Gasteiger partial charge in [-0.15, -0.1) is 5.10 Å². The molecule has 1 heterocycles. The highest BCUT2D eigenvalue weighted by atomic mass is 19.1. The summed E-state index contributed by atoms with van der Waals surface area (Å²) < 4.78 is 19.7. The molecule has 0 atom stereocenters. The zero-order chi connectivity index (χ0) is 12.3. The molecule has 2 aromatic rings. The average Bonchev–Trinajstić information content (AvgIpc) is 2.77. The summed E-state index contributed by atoms with van der Waals surface area (Å²) in [6.45, 7) is -0.0853. The molecule has 0 radical (unpaired) electrons. The summed E-state index contributed by atoms with van der Waals surface area (Å²) in [5.41, 5.74) is 0.404. The van der Waals surface area contributed by atoms with E-state index in [1.54, 1.807) is 0 Å². The third-order valence-electron chi connectivity index (χ3n) is 2.24. The lowest BCUT2D eigenvalue weighted by atomic mass is 10.2. The fraction of sp³-hybridized carbons (Fsp3) is 0.300. The predicted molar refractivity (Wildman–Crippen MR) is 56.5 cm³/mol. The van der Waals surface area contributed by atoms with Gasteiger partial charge in [-0.05, 0) is 22.6 Å². The molecule has 6 nitrogen and oxygen atoms in total. The third kappa shape index (κ3) is 2.23. The Kier molecular flexibility index (Phi) is 3.29. The van der Waals surface area contributed by atoms with Crippen molar-refractivity contribution in [2.24, 2.45) is 0 Å². The highest BCUT2D eigenvalue weighted by Gasteiger charge is 2.13. The van der Waals surface area contributed by atoms with Gasteiger partial charge in [-0.3, -0.25) is 0 Å². The van der Waals surface area contributed by atoms with E-state index in [4.69, 9.17) is 9.84 Å². The van der Waals surface area contributed by atoms with Gasteiger partial charge in [0.05, 0.1) is 13.7 Å². The second-order valence-electron chi connectivity index (χ2n) is 3.30. The van der Waals surface area contributed by atoms with Crippen molar-refractivity contribution in [1.29, 1.82) is 0 Å². The van der Waals surface area contributed by atoms with Crippen molar-refractivity contribution in [2.75, 3.05) is 13.7 Å². The van der Waals surface area contributed by atoms with Crippen LogP contribution in [0.25, 0.3) is 5.69 Å². The van der Waals surface area contributed by atoms with Gasteiger partial charge in [-0.25, -0.2) is 4.39 Å². The monoisotopic (exact) mass is 238 g/mol. The minimum absolute atomic E-state index is 0.0853. The Labute approximate surface area is 96.6 Å². The van der Waals surface area contributed by atoms with Crippen LogP contribution in [0, 0.1) is 5.82 Å². The number of halogens is 1. The van der Waals surface area contributed by atoms with Crippen LogP contribution < -0.4 is 4.74 Å². The number of aliphatic hydroxyl groups excluding tert-OH is 1. The summed E-state index contributed by atoms with van der Waals surface area (Å²) in [7, 11) is 1.48. The number of aliphatic hydroxyl groups is 1. The maximum atomic E-state index is 13.2. The zero-order valence-corrected chi connectivity index (χ0v) is 9.17. The number of aromatic nitrogens is 4. The molecule has 0 unspecified atom stereocenters. The van der Waals surface area contributed by atoms with Crippen molar-refractivity contribution >= 4 is 0 Å². The van der Waals surface area contributed by atoms with Crippen LogP contribution in [0.15, 0.2) is 18.2 Å². The standard InChI is InChI=1S/C10H11FN4O2/c1-17-9-3-2-7(11)6-8(9)15-10(4-5-16)12-13-14-15/h2-3,6,16H,4-5H2,1H3. The number of methoxy groups -OCH3 is 1. The predicted octanol–water partition coefficient (Wildman–Crippen LogP) is 0.345. The first-order valence-electron chi connectivity index (χ1n) is 4.98. The van der Waals surface area contributed by atoms with Crippen LogP contribution in [0.2, 0.25) is 0 Å². The number of nitrogens with zero attached hydrogens (tertiary/aromatic N) is 4. The number of tetrazole rings is 1. The van der Waals surface area contributed by atoms with Crippen molar-refractivity contribution in [2.45, 2.75) is 6.42 Å². The largest absolute Gasteiger partial charge is 0.494 e. The molecular weight excluding hydrogens is 227 g/mol.